The maximum atomic E-state index is 12.5. The Kier molecular flexibility index (Phi) is 7.47. The Bertz CT molecular complexity index is 599. The van der Waals surface area contributed by atoms with Gasteiger partial charge in [-0.05, 0) is 49.4 Å². The van der Waals surface area contributed by atoms with E-state index in [1.165, 1.54) is 0 Å². The summed E-state index contributed by atoms with van der Waals surface area (Å²) >= 11 is 0. The molecule has 0 spiro atoms. The molecule has 0 saturated carbocycles. The fraction of sp³-hybridized carbons (Fsp3) is 0.722. The first-order valence-electron chi connectivity index (χ1n) is 8.74. The molecule has 0 aliphatic heterocycles. The van der Waals surface area contributed by atoms with Gasteiger partial charge in [0, 0.05) is 6.42 Å². The van der Waals surface area contributed by atoms with Gasteiger partial charge >= 0.3 is 11.7 Å². The van der Waals surface area contributed by atoms with Gasteiger partial charge in [-0.3, -0.25) is 4.79 Å². The lowest BCUT2D eigenvalue weighted by molar-refractivity contribution is -0.139. The zero-order valence-corrected chi connectivity index (χ0v) is 17.2. The maximum absolute atomic E-state index is 12.5. The van der Waals surface area contributed by atoms with Crippen LogP contribution in [0, 0.1) is 0 Å². The molecule has 0 aromatic carbocycles. The van der Waals surface area contributed by atoms with E-state index in [4.69, 9.17) is 9.96 Å². The van der Waals surface area contributed by atoms with Crippen molar-refractivity contribution in [2.75, 3.05) is 7.11 Å². The SMILES string of the molecule is COC(=O)C(=[N+]=[N-])C(=O)CC(O[Si](C)(C)C(C)(C)C)C1=CCCCC1. The van der Waals surface area contributed by atoms with Crippen molar-refractivity contribution in [3.63, 3.8) is 0 Å². The molecule has 0 aromatic heterocycles. The molecule has 1 aliphatic carbocycles. The van der Waals surface area contributed by atoms with Crippen molar-refractivity contribution in [3.05, 3.63) is 17.2 Å². The minimum atomic E-state index is -2.11. The molecule has 6 nitrogen and oxygen atoms in total. The average molecular weight is 367 g/mol. The van der Waals surface area contributed by atoms with Crippen LogP contribution in [-0.4, -0.2) is 43.8 Å². The van der Waals surface area contributed by atoms with Gasteiger partial charge in [0.25, 0.3) is 5.78 Å². The third kappa shape index (κ3) is 5.73. The summed E-state index contributed by atoms with van der Waals surface area (Å²) in [5, 5.41) is -0.000227. The zero-order valence-electron chi connectivity index (χ0n) is 16.2. The Morgan fingerprint density at radius 1 is 1.32 bits per heavy atom. The fourth-order valence-electron chi connectivity index (χ4n) is 2.51. The molecule has 1 aliphatic rings. The Morgan fingerprint density at radius 3 is 2.40 bits per heavy atom. The van der Waals surface area contributed by atoms with Crippen molar-refractivity contribution in [2.45, 2.75) is 77.1 Å². The van der Waals surface area contributed by atoms with E-state index < -0.39 is 31.9 Å². The van der Waals surface area contributed by atoms with Gasteiger partial charge in [0.1, 0.15) is 0 Å². The summed E-state index contributed by atoms with van der Waals surface area (Å²) < 4.78 is 11.0. The normalized spacial score (nSPS) is 16.5. The van der Waals surface area contributed by atoms with E-state index in [-0.39, 0.29) is 11.5 Å². The second kappa shape index (κ2) is 8.69. The number of ether oxygens (including phenoxy) is 1. The number of carbonyl (C=O) groups is 2. The third-order valence-electron chi connectivity index (χ3n) is 5.10. The second-order valence-electron chi connectivity index (χ2n) is 7.96. The van der Waals surface area contributed by atoms with Crippen LogP contribution < -0.4 is 0 Å². The van der Waals surface area contributed by atoms with Gasteiger partial charge in [-0.1, -0.05) is 26.8 Å². The van der Waals surface area contributed by atoms with Crippen molar-refractivity contribution in [3.8, 4) is 0 Å². The summed E-state index contributed by atoms with van der Waals surface area (Å²) in [6.45, 7) is 10.7. The summed E-state index contributed by atoms with van der Waals surface area (Å²) in [6, 6.07) is 0. The monoisotopic (exact) mass is 366 g/mol. The molecular weight excluding hydrogens is 336 g/mol. The lowest BCUT2D eigenvalue weighted by atomic mass is 9.92. The molecule has 140 valence electrons. The molecule has 0 fully saturated rings. The molecule has 0 amide bonds. The first-order valence-corrected chi connectivity index (χ1v) is 11.6. The molecule has 0 N–H and O–H groups in total. The van der Waals surface area contributed by atoms with Gasteiger partial charge < -0.3 is 14.7 Å². The summed E-state index contributed by atoms with van der Waals surface area (Å²) in [7, 11) is -0.964. The smallest absolute Gasteiger partial charge is 0.441 e. The molecule has 0 heterocycles. The molecule has 25 heavy (non-hydrogen) atoms. The van der Waals surface area contributed by atoms with E-state index in [2.05, 4.69) is 49.5 Å². The van der Waals surface area contributed by atoms with Gasteiger partial charge in [-0.25, -0.2) is 4.79 Å². The number of ketones is 1. The molecular formula is C18H30N2O4Si. The van der Waals surface area contributed by atoms with Gasteiger partial charge in [-0.15, -0.1) is 0 Å². The summed E-state index contributed by atoms with van der Waals surface area (Å²) in [4.78, 5) is 26.9. The van der Waals surface area contributed by atoms with Crippen LogP contribution in [0.1, 0.15) is 52.9 Å². The van der Waals surface area contributed by atoms with E-state index in [0.717, 1.165) is 38.4 Å². The predicted molar refractivity (Wildman–Crippen MR) is 98.9 cm³/mol. The number of carbonyl (C=O) groups excluding carboxylic acids is 2. The van der Waals surface area contributed by atoms with Crippen LogP contribution in [0.3, 0.4) is 0 Å². The average Bonchev–Trinajstić information content (AvgIpc) is 2.54. The van der Waals surface area contributed by atoms with E-state index in [9.17, 15) is 9.59 Å². The second-order valence-corrected chi connectivity index (χ2v) is 12.7. The molecule has 1 atom stereocenters. The summed E-state index contributed by atoms with van der Waals surface area (Å²) in [6.07, 6.45) is 5.78. The van der Waals surface area contributed by atoms with Crippen LogP contribution in [0.2, 0.25) is 18.1 Å². The molecule has 0 aromatic rings. The number of hydrogen-bond acceptors (Lipinski definition) is 4. The largest absolute Gasteiger partial charge is 0.460 e. The zero-order chi connectivity index (χ0) is 19.3. The van der Waals surface area contributed by atoms with Gasteiger partial charge in [0.2, 0.25) is 0 Å². The highest BCUT2D eigenvalue weighted by atomic mass is 28.4. The highest BCUT2D eigenvalue weighted by molar-refractivity contribution is 6.74. The van der Waals surface area contributed by atoms with Crippen LogP contribution in [0.4, 0.5) is 0 Å². The van der Waals surface area contributed by atoms with E-state index in [0.29, 0.717) is 0 Å². The number of nitrogens with zero attached hydrogens (tertiary/aromatic N) is 2. The highest BCUT2D eigenvalue weighted by Crippen LogP contribution is 2.39. The van der Waals surface area contributed by atoms with Crippen molar-refractivity contribution >= 4 is 25.8 Å². The van der Waals surface area contributed by atoms with Gasteiger partial charge in [0.15, 0.2) is 8.32 Å². The third-order valence-corrected chi connectivity index (χ3v) is 9.58. The minimum absolute atomic E-state index is 0.000227. The molecule has 1 unspecified atom stereocenters. The molecule has 0 radical (unpaired) electrons. The van der Waals surface area contributed by atoms with Crippen LogP contribution >= 0.6 is 0 Å². The minimum Gasteiger partial charge on any atom is -0.460 e. The number of allylic oxidation sites excluding steroid dienone is 1. The fourth-order valence-corrected chi connectivity index (χ4v) is 3.81. The Hall–Kier alpha value is -1.56. The van der Waals surface area contributed by atoms with Gasteiger partial charge in [0.05, 0.1) is 13.2 Å². The Labute approximate surface area is 151 Å². The molecule has 0 saturated heterocycles. The Balaban J connectivity index is 3.07. The highest BCUT2D eigenvalue weighted by Gasteiger charge is 2.42. The van der Waals surface area contributed by atoms with Crippen LogP contribution in [0.25, 0.3) is 5.53 Å². The number of methoxy groups -OCH3 is 1. The van der Waals surface area contributed by atoms with E-state index >= 15 is 0 Å². The van der Waals surface area contributed by atoms with Crippen molar-refractivity contribution < 1.29 is 23.5 Å². The molecule has 1 rings (SSSR count). The van der Waals surface area contributed by atoms with E-state index in [1.54, 1.807) is 0 Å². The number of esters is 1. The first-order chi connectivity index (χ1) is 11.5. The van der Waals surface area contributed by atoms with Crippen LogP contribution in [0.15, 0.2) is 11.6 Å². The molecule has 0 bridgehead atoms. The van der Waals surface area contributed by atoms with Crippen molar-refractivity contribution in [1.82, 2.24) is 0 Å². The van der Waals surface area contributed by atoms with Crippen LogP contribution in [0.5, 0.6) is 0 Å². The number of rotatable bonds is 7. The van der Waals surface area contributed by atoms with Crippen molar-refractivity contribution in [2.24, 2.45) is 0 Å². The van der Waals surface area contributed by atoms with Crippen molar-refractivity contribution in [1.29, 1.82) is 0 Å². The summed E-state index contributed by atoms with van der Waals surface area (Å²) in [5.41, 5.74) is 9.53. The maximum Gasteiger partial charge on any atom is 0.441 e. The number of Topliss-reactive ketones (excluding diaryl/α,β-unsaturated/α-hetero) is 1. The summed E-state index contributed by atoms with van der Waals surface area (Å²) in [5.74, 6) is -1.50. The number of hydrogen-bond donors (Lipinski definition) is 0. The van der Waals surface area contributed by atoms with Gasteiger partial charge in [-0.2, -0.15) is 4.79 Å². The standard InChI is InChI=1S/C18H30N2O4Si/c1-18(2,3)25(5,6)24-15(13-10-8-7-9-11-13)12-14(21)16(20-19)17(22)23-4/h10,15H,7-9,11-12H2,1-6H3. The quantitative estimate of drug-likeness (QED) is 0.131. The molecule has 7 heteroatoms. The first kappa shape index (κ1) is 21.5. The Morgan fingerprint density at radius 2 is 1.96 bits per heavy atom. The predicted octanol–water partition coefficient (Wildman–Crippen LogP) is 3.68. The lowest BCUT2D eigenvalue weighted by Gasteiger charge is -2.40. The van der Waals surface area contributed by atoms with Crippen LogP contribution in [-0.2, 0) is 18.8 Å². The van der Waals surface area contributed by atoms with E-state index in [1.807, 2.05) is 0 Å². The topological polar surface area (TPSA) is 89.0 Å². The lowest BCUT2D eigenvalue weighted by Crippen LogP contribution is -2.45.